The molecule has 5 heteroatoms. The van der Waals surface area contributed by atoms with Gasteiger partial charge in [-0.3, -0.25) is 0 Å². The smallest absolute Gasteiger partial charge is 0.408 e. The SMILES string of the molecule is C[C@H](N)C[C@@H](O)[C@@H](NC(=O)OC(C)(C)C)c1ccccc1. The molecule has 4 N–H and O–H groups in total. The Kier molecular flexibility index (Phi) is 6.18. The summed E-state index contributed by atoms with van der Waals surface area (Å²) in [5.74, 6) is 0. The Hall–Kier alpha value is -1.59. The summed E-state index contributed by atoms with van der Waals surface area (Å²) in [6, 6.07) is 8.60. The summed E-state index contributed by atoms with van der Waals surface area (Å²) in [5, 5.41) is 13.1. The molecular formula is C16H26N2O3. The number of rotatable bonds is 5. The van der Waals surface area contributed by atoms with Crippen LogP contribution in [0.15, 0.2) is 30.3 Å². The number of alkyl carbamates (subject to hydrolysis) is 1. The quantitative estimate of drug-likeness (QED) is 0.778. The maximum absolute atomic E-state index is 12.0. The van der Waals surface area contributed by atoms with Gasteiger partial charge in [0.15, 0.2) is 0 Å². The van der Waals surface area contributed by atoms with Crippen LogP contribution in [0.25, 0.3) is 0 Å². The van der Waals surface area contributed by atoms with E-state index in [1.807, 2.05) is 37.3 Å². The largest absolute Gasteiger partial charge is 0.444 e. The molecule has 0 heterocycles. The minimum Gasteiger partial charge on any atom is -0.444 e. The van der Waals surface area contributed by atoms with Crippen LogP contribution >= 0.6 is 0 Å². The Morgan fingerprint density at radius 3 is 2.38 bits per heavy atom. The van der Waals surface area contributed by atoms with Crippen LogP contribution in [0.4, 0.5) is 4.79 Å². The molecule has 1 rings (SSSR count). The molecule has 1 amide bonds. The summed E-state index contributed by atoms with van der Waals surface area (Å²) in [7, 11) is 0. The number of hydrogen-bond acceptors (Lipinski definition) is 4. The highest BCUT2D eigenvalue weighted by Crippen LogP contribution is 2.20. The van der Waals surface area contributed by atoms with Crippen molar-refractivity contribution < 1.29 is 14.6 Å². The van der Waals surface area contributed by atoms with Gasteiger partial charge in [0.25, 0.3) is 0 Å². The Morgan fingerprint density at radius 2 is 1.90 bits per heavy atom. The molecule has 1 aromatic rings. The fraction of sp³-hybridized carbons (Fsp3) is 0.562. The molecule has 0 fully saturated rings. The van der Waals surface area contributed by atoms with E-state index in [9.17, 15) is 9.90 Å². The molecule has 0 aliphatic rings. The third-order valence-electron chi connectivity index (χ3n) is 2.83. The van der Waals surface area contributed by atoms with Crippen LogP contribution in [-0.4, -0.2) is 28.9 Å². The zero-order valence-electron chi connectivity index (χ0n) is 13.2. The summed E-state index contributed by atoms with van der Waals surface area (Å²) in [5.41, 5.74) is 5.97. The predicted octanol–water partition coefficient (Wildman–Crippen LogP) is 2.35. The average Bonchev–Trinajstić information content (AvgIpc) is 2.34. The zero-order valence-corrected chi connectivity index (χ0v) is 13.2. The van der Waals surface area contributed by atoms with Crippen molar-refractivity contribution in [3.05, 3.63) is 35.9 Å². The van der Waals surface area contributed by atoms with Crippen LogP contribution in [0.5, 0.6) is 0 Å². The molecular weight excluding hydrogens is 268 g/mol. The molecule has 0 aliphatic heterocycles. The lowest BCUT2D eigenvalue weighted by molar-refractivity contribution is 0.0405. The molecule has 0 spiro atoms. The van der Waals surface area contributed by atoms with Gasteiger partial charge in [-0.1, -0.05) is 30.3 Å². The van der Waals surface area contributed by atoms with E-state index in [0.717, 1.165) is 5.56 Å². The van der Waals surface area contributed by atoms with E-state index in [0.29, 0.717) is 6.42 Å². The monoisotopic (exact) mass is 294 g/mol. The number of carbonyl (C=O) groups is 1. The van der Waals surface area contributed by atoms with Crippen molar-refractivity contribution in [1.82, 2.24) is 5.32 Å². The molecule has 0 aromatic heterocycles. The maximum Gasteiger partial charge on any atom is 0.408 e. The Balaban J connectivity index is 2.85. The topological polar surface area (TPSA) is 84.6 Å². The number of benzene rings is 1. The van der Waals surface area contributed by atoms with Crippen molar-refractivity contribution >= 4 is 6.09 Å². The van der Waals surface area contributed by atoms with E-state index in [-0.39, 0.29) is 6.04 Å². The zero-order chi connectivity index (χ0) is 16.0. The molecule has 0 unspecified atom stereocenters. The van der Waals surface area contributed by atoms with Crippen molar-refractivity contribution in [2.24, 2.45) is 5.73 Å². The van der Waals surface area contributed by atoms with E-state index in [2.05, 4.69) is 5.32 Å². The molecule has 0 radical (unpaired) electrons. The molecule has 5 nitrogen and oxygen atoms in total. The number of aliphatic hydroxyl groups is 1. The van der Waals surface area contributed by atoms with E-state index >= 15 is 0 Å². The first kappa shape index (κ1) is 17.5. The highest BCUT2D eigenvalue weighted by Gasteiger charge is 2.26. The second-order valence-electron chi connectivity index (χ2n) is 6.31. The summed E-state index contributed by atoms with van der Waals surface area (Å²) in [4.78, 5) is 12.0. The number of ether oxygens (including phenoxy) is 1. The normalized spacial score (nSPS) is 15.9. The minimum absolute atomic E-state index is 0.161. The number of carbonyl (C=O) groups excluding carboxylic acids is 1. The Morgan fingerprint density at radius 1 is 1.33 bits per heavy atom. The van der Waals surface area contributed by atoms with Crippen molar-refractivity contribution in [3.63, 3.8) is 0 Å². The van der Waals surface area contributed by atoms with Gasteiger partial charge in [-0.15, -0.1) is 0 Å². The first-order chi connectivity index (χ1) is 9.69. The molecule has 0 aliphatic carbocycles. The van der Waals surface area contributed by atoms with Crippen LogP contribution in [0, 0.1) is 0 Å². The molecule has 0 bridgehead atoms. The van der Waals surface area contributed by atoms with Gasteiger partial charge >= 0.3 is 6.09 Å². The van der Waals surface area contributed by atoms with Crippen LogP contribution in [-0.2, 0) is 4.74 Å². The standard InChI is InChI=1S/C16H26N2O3/c1-11(17)10-13(19)14(12-8-6-5-7-9-12)18-15(20)21-16(2,3)4/h5-9,11,13-14,19H,10,17H2,1-4H3,(H,18,20)/t11-,13+,14-/m0/s1. The summed E-state index contributed by atoms with van der Waals surface area (Å²) < 4.78 is 5.25. The molecule has 1 aromatic carbocycles. The molecule has 0 saturated carbocycles. The lowest BCUT2D eigenvalue weighted by Gasteiger charge is -2.27. The lowest BCUT2D eigenvalue weighted by atomic mass is 9.97. The van der Waals surface area contributed by atoms with Crippen molar-refractivity contribution in [1.29, 1.82) is 0 Å². The third-order valence-corrected chi connectivity index (χ3v) is 2.83. The van der Waals surface area contributed by atoms with Gasteiger partial charge in [-0.25, -0.2) is 4.79 Å². The first-order valence-corrected chi connectivity index (χ1v) is 7.17. The Labute approximate surface area is 126 Å². The molecule has 118 valence electrons. The second-order valence-corrected chi connectivity index (χ2v) is 6.31. The van der Waals surface area contributed by atoms with Gasteiger partial charge in [0, 0.05) is 6.04 Å². The fourth-order valence-corrected chi connectivity index (χ4v) is 2.01. The highest BCUT2D eigenvalue weighted by molar-refractivity contribution is 5.68. The van der Waals surface area contributed by atoms with Gasteiger partial charge in [0.05, 0.1) is 12.1 Å². The number of amides is 1. The summed E-state index contributed by atoms with van der Waals surface area (Å²) in [6.45, 7) is 7.20. The van der Waals surface area contributed by atoms with E-state index in [1.165, 1.54) is 0 Å². The van der Waals surface area contributed by atoms with Crippen LogP contribution in [0.2, 0.25) is 0 Å². The van der Waals surface area contributed by atoms with E-state index in [4.69, 9.17) is 10.5 Å². The van der Waals surface area contributed by atoms with E-state index in [1.54, 1.807) is 20.8 Å². The number of aliphatic hydroxyl groups excluding tert-OH is 1. The van der Waals surface area contributed by atoms with Crippen LogP contribution < -0.4 is 11.1 Å². The van der Waals surface area contributed by atoms with Crippen molar-refractivity contribution in [2.45, 2.75) is 57.9 Å². The summed E-state index contributed by atoms with van der Waals surface area (Å²) in [6.07, 6.45) is -0.949. The van der Waals surface area contributed by atoms with Crippen LogP contribution in [0.1, 0.15) is 45.7 Å². The molecule has 0 saturated heterocycles. The third kappa shape index (κ3) is 6.60. The van der Waals surface area contributed by atoms with Gasteiger partial charge in [0.2, 0.25) is 0 Å². The number of nitrogens with one attached hydrogen (secondary N) is 1. The molecule has 3 atom stereocenters. The second kappa shape index (κ2) is 7.43. The van der Waals surface area contributed by atoms with Gasteiger partial charge in [-0.2, -0.15) is 0 Å². The minimum atomic E-state index is -0.778. The van der Waals surface area contributed by atoms with Gasteiger partial charge < -0.3 is 20.9 Å². The highest BCUT2D eigenvalue weighted by atomic mass is 16.6. The average molecular weight is 294 g/mol. The lowest BCUT2D eigenvalue weighted by Crippen LogP contribution is -2.41. The fourth-order valence-electron chi connectivity index (χ4n) is 2.01. The first-order valence-electron chi connectivity index (χ1n) is 7.17. The van der Waals surface area contributed by atoms with Crippen LogP contribution in [0.3, 0.4) is 0 Å². The number of hydrogen-bond donors (Lipinski definition) is 3. The van der Waals surface area contributed by atoms with Gasteiger partial charge in [0.1, 0.15) is 5.60 Å². The predicted molar refractivity (Wildman–Crippen MR) is 82.8 cm³/mol. The Bertz CT molecular complexity index is 441. The van der Waals surface area contributed by atoms with Crippen molar-refractivity contribution in [3.8, 4) is 0 Å². The van der Waals surface area contributed by atoms with E-state index < -0.39 is 23.8 Å². The maximum atomic E-state index is 12.0. The molecule has 21 heavy (non-hydrogen) atoms. The van der Waals surface area contributed by atoms with Gasteiger partial charge in [-0.05, 0) is 39.7 Å². The number of nitrogens with two attached hydrogens (primary N) is 1. The van der Waals surface area contributed by atoms with Crippen molar-refractivity contribution in [2.75, 3.05) is 0 Å². The summed E-state index contributed by atoms with van der Waals surface area (Å²) >= 11 is 0.